The highest BCUT2D eigenvalue weighted by atomic mass is 32.2. The van der Waals surface area contributed by atoms with Gasteiger partial charge in [-0.2, -0.15) is 0 Å². The van der Waals surface area contributed by atoms with Crippen LogP contribution in [0.2, 0.25) is 0 Å². The lowest BCUT2D eigenvalue weighted by molar-refractivity contribution is -0.136. The zero-order valence-electron chi connectivity index (χ0n) is 15.5. The number of ether oxygens (including phenoxy) is 1. The van der Waals surface area contributed by atoms with Crippen molar-refractivity contribution in [3.05, 3.63) is 71.3 Å². The molecule has 0 fully saturated rings. The standard InChI is InChI=1S/C21H21NO5S/c1-28(25,26)22-13-5-8-17-14-18(10-11-19(17)22)20(23)15-27-21(24)12-9-16-6-3-2-4-7-16/h2-4,6-7,9-12,14H,5,8,13,15H2,1H3/b12-9+. The van der Waals surface area contributed by atoms with Crippen LogP contribution in [0.5, 0.6) is 0 Å². The molecule has 1 aliphatic rings. The molecule has 0 saturated carbocycles. The van der Waals surface area contributed by atoms with Crippen LogP contribution in [0.25, 0.3) is 6.08 Å². The molecule has 0 aliphatic carbocycles. The Balaban J connectivity index is 1.64. The van der Waals surface area contributed by atoms with Crippen LogP contribution < -0.4 is 4.31 Å². The summed E-state index contributed by atoms with van der Waals surface area (Å²) in [6, 6.07) is 14.2. The minimum absolute atomic E-state index is 0.333. The van der Waals surface area contributed by atoms with Crippen LogP contribution in [-0.2, 0) is 26.0 Å². The van der Waals surface area contributed by atoms with E-state index in [1.54, 1.807) is 24.3 Å². The Morgan fingerprint density at radius 1 is 1.14 bits per heavy atom. The first-order chi connectivity index (χ1) is 13.3. The number of Topliss-reactive ketones (excluding diaryl/α,β-unsaturated/α-hetero) is 1. The highest BCUT2D eigenvalue weighted by molar-refractivity contribution is 7.92. The summed E-state index contributed by atoms with van der Waals surface area (Å²) in [6.45, 7) is 0.0665. The molecule has 0 N–H and O–H groups in total. The van der Waals surface area contributed by atoms with E-state index in [1.807, 2.05) is 30.3 Å². The van der Waals surface area contributed by atoms with Gasteiger partial charge in [-0.1, -0.05) is 30.3 Å². The molecule has 2 aromatic rings. The second kappa shape index (κ2) is 8.39. The fourth-order valence-corrected chi connectivity index (χ4v) is 4.07. The van der Waals surface area contributed by atoms with Gasteiger partial charge in [-0.05, 0) is 48.2 Å². The average molecular weight is 399 g/mol. The van der Waals surface area contributed by atoms with E-state index in [9.17, 15) is 18.0 Å². The molecule has 0 spiro atoms. The molecule has 1 aliphatic heterocycles. The van der Waals surface area contributed by atoms with Crippen LogP contribution >= 0.6 is 0 Å². The molecule has 0 radical (unpaired) electrons. The normalized spacial score (nSPS) is 14.0. The number of carbonyl (C=O) groups excluding carboxylic acids is 2. The number of aryl methyl sites for hydroxylation is 1. The van der Waals surface area contributed by atoms with Crippen LogP contribution in [-0.4, -0.2) is 39.6 Å². The Morgan fingerprint density at radius 3 is 2.61 bits per heavy atom. The first-order valence-corrected chi connectivity index (χ1v) is 10.7. The van der Waals surface area contributed by atoms with E-state index in [-0.39, 0.29) is 12.4 Å². The van der Waals surface area contributed by atoms with Crippen molar-refractivity contribution in [1.29, 1.82) is 0 Å². The Labute approximate surface area is 164 Å². The number of benzene rings is 2. The molecule has 0 amide bonds. The van der Waals surface area contributed by atoms with Crippen molar-refractivity contribution in [2.45, 2.75) is 12.8 Å². The lowest BCUT2D eigenvalue weighted by Gasteiger charge is -2.29. The molecule has 1 heterocycles. The molecular formula is C21H21NO5S. The van der Waals surface area contributed by atoms with Gasteiger partial charge in [0.15, 0.2) is 12.4 Å². The van der Waals surface area contributed by atoms with E-state index in [0.717, 1.165) is 11.1 Å². The van der Waals surface area contributed by atoms with E-state index in [0.29, 0.717) is 30.6 Å². The largest absolute Gasteiger partial charge is 0.454 e. The summed E-state index contributed by atoms with van der Waals surface area (Å²) in [4.78, 5) is 24.2. The molecule has 146 valence electrons. The van der Waals surface area contributed by atoms with Gasteiger partial charge in [-0.15, -0.1) is 0 Å². The van der Waals surface area contributed by atoms with Crippen LogP contribution in [0.4, 0.5) is 5.69 Å². The van der Waals surface area contributed by atoms with Crippen molar-refractivity contribution in [3.63, 3.8) is 0 Å². The van der Waals surface area contributed by atoms with Crippen molar-refractivity contribution in [2.24, 2.45) is 0 Å². The second-order valence-electron chi connectivity index (χ2n) is 6.56. The Hall–Kier alpha value is -2.93. The van der Waals surface area contributed by atoms with Gasteiger partial charge in [-0.3, -0.25) is 9.10 Å². The molecule has 3 rings (SSSR count). The monoisotopic (exact) mass is 399 g/mol. The molecule has 0 saturated heterocycles. The number of nitrogens with zero attached hydrogens (tertiary/aromatic N) is 1. The van der Waals surface area contributed by atoms with Crippen molar-refractivity contribution >= 4 is 33.5 Å². The summed E-state index contributed by atoms with van der Waals surface area (Å²) < 4.78 is 30.2. The minimum Gasteiger partial charge on any atom is -0.454 e. The number of anilines is 1. The number of fused-ring (bicyclic) bond motifs is 1. The van der Waals surface area contributed by atoms with Crippen molar-refractivity contribution in [1.82, 2.24) is 0 Å². The first-order valence-electron chi connectivity index (χ1n) is 8.88. The number of hydrogen-bond donors (Lipinski definition) is 0. The smallest absolute Gasteiger partial charge is 0.331 e. The zero-order chi connectivity index (χ0) is 20.1. The molecule has 28 heavy (non-hydrogen) atoms. The summed E-state index contributed by atoms with van der Waals surface area (Å²) in [5.41, 5.74) is 2.66. The van der Waals surface area contributed by atoms with Gasteiger partial charge in [0.05, 0.1) is 11.9 Å². The summed E-state index contributed by atoms with van der Waals surface area (Å²) in [7, 11) is -3.35. The van der Waals surface area contributed by atoms with Gasteiger partial charge in [0.25, 0.3) is 0 Å². The summed E-state index contributed by atoms with van der Waals surface area (Å²) in [6.07, 6.45) is 5.45. The maximum atomic E-state index is 12.4. The predicted octanol–water partition coefficient (Wildman–Crippen LogP) is 2.84. The van der Waals surface area contributed by atoms with Gasteiger partial charge in [-0.25, -0.2) is 13.2 Å². The minimum atomic E-state index is -3.35. The first kappa shape index (κ1) is 19.8. The zero-order valence-corrected chi connectivity index (χ0v) is 16.3. The Kier molecular flexibility index (Phi) is 5.94. The van der Waals surface area contributed by atoms with Crippen molar-refractivity contribution in [3.8, 4) is 0 Å². The fourth-order valence-electron chi connectivity index (χ4n) is 3.08. The fraction of sp³-hybridized carbons (Fsp3) is 0.238. The molecular weight excluding hydrogens is 378 g/mol. The molecule has 6 nitrogen and oxygen atoms in total. The topological polar surface area (TPSA) is 80.8 Å². The number of carbonyl (C=O) groups is 2. The van der Waals surface area contributed by atoms with Crippen LogP contribution in [0.15, 0.2) is 54.6 Å². The second-order valence-corrected chi connectivity index (χ2v) is 8.46. The van der Waals surface area contributed by atoms with E-state index in [1.165, 1.54) is 16.6 Å². The third-order valence-corrected chi connectivity index (χ3v) is 5.61. The number of hydrogen-bond acceptors (Lipinski definition) is 5. The van der Waals surface area contributed by atoms with E-state index < -0.39 is 16.0 Å². The highest BCUT2D eigenvalue weighted by Crippen LogP contribution is 2.30. The van der Waals surface area contributed by atoms with Gasteiger partial charge < -0.3 is 4.74 Å². The third kappa shape index (κ3) is 4.86. The van der Waals surface area contributed by atoms with Gasteiger partial charge >= 0.3 is 5.97 Å². The van der Waals surface area contributed by atoms with Gasteiger partial charge in [0.2, 0.25) is 10.0 Å². The quantitative estimate of drug-likeness (QED) is 0.424. The Morgan fingerprint density at radius 2 is 1.89 bits per heavy atom. The predicted molar refractivity (Wildman–Crippen MR) is 108 cm³/mol. The van der Waals surface area contributed by atoms with Crippen LogP contribution in [0.1, 0.15) is 27.9 Å². The lowest BCUT2D eigenvalue weighted by atomic mass is 9.99. The summed E-state index contributed by atoms with van der Waals surface area (Å²) in [5.74, 6) is -0.931. The van der Waals surface area contributed by atoms with E-state index in [4.69, 9.17) is 4.74 Å². The number of sulfonamides is 1. The third-order valence-electron chi connectivity index (χ3n) is 4.43. The van der Waals surface area contributed by atoms with E-state index in [2.05, 4.69) is 0 Å². The molecule has 0 aromatic heterocycles. The van der Waals surface area contributed by atoms with Crippen molar-refractivity contribution < 1.29 is 22.7 Å². The molecule has 0 unspecified atom stereocenters. The number of esters is 1. The van der Waals surface area contributed by atoms with Gasteiger partial charge in [0.1, 0.15) is 0 Å². The Bertz CT molecular complexity index is 1010. The van der Waals surface area contributed by atoms with Crippen LogP contribution in [0.3, 0.4) is 0 Å². The SMILES string of the molecule is CS(=O)(=O)N1CCCc2cc(C(=O)COC(=O)/C=C/c3ccccc3)ccc21. The summed E-state index contributed by atoms with van der Waals surface area (Å²) in [5, 5.41) is 0. The van der Waals surface area contributed by atoms with Gasteiger partial charge in [0, 0.05) is 18.2 Å². The molecule has 0 atom stereocenters. The maximum absolute atomic E-state index is 12.4. The average Bonchev–Trinajstić information content (AvgIpc) is 2.69. The molecule has 7 heteroatoms. The number of rotatable bonds is 6. The van der Waals surface area contributed by atoms with Crippen LogP contribution in [0, 0.1) is 0 Å². The van der Waals surface area contributed by atoms with Crippen molar-refractivity contribution in [2.75, 3.05) is 23.7 Å². The lowest BCUT2D eigenvalue weighted by Crippen LogP contribution is -2.34. The maximum Gasteiger partial charge on any atom is 0.331 e. The highest BCUT2D eigenvalue weighted by Gasteiger charge is 2.24. The molecule has 2 aromatic carbocycles. The number of ketones is 1. The summed E-state index contributed by atoms with van der Waals surface area (Å²) >= 11 is 0. The van der Waals surface area contributed by atoms with E-state index >= 15 is 0 Å². The molecule has 0 bridgehead atoms.